The van der Waals surface area contributed by atoms with E-state index in [2.05, 4.69) is 20.3 Å². The smallest absolute Gasteiger partial charge is 0.413 e. The second-order valence-corrected chi connectivity index (χ2v) is 9.44. The maximum Gasteiger partial charge on any atom is 0.413 e. The van der Waals surface area contributed by atoms with Crippen LogP contribution < -0.4 is 10.2 Å². The number of carbonyl (C=O) groups excluding carboxylic acids is 2. The molecule has 2 aliphatic rings. The van der Waals surface area contributed by atoms with Gasteiger partial charge in [0.2, 0.25) is 0 Å². The number of nitrogens with one attached hydrogen (secondary N) is 1. The third-order valence-electron chi connectivity index (χ3n) is 6.66. The number of aromatic nitrogens is 3. The molecular formula is C27H31N5O4. The molecule has 2 fully saturated rings. The minimum Gasteiger partial charge on any atom is -0.462 e. The lowest BCUT2D eigenvalue weighted by atomic mass is 10.1. The molecule has 1 unspecified atom stereocenters. The first-order valence-electron chi connectivity index (χ1n) is 12.5. The first-order chi connectivity index (χ1) is 17.5. The summed E-state index contributed by atoms with van der Waals surface area (Å²) in [5.74, 6) is 1.50. The van der Waals surface area contributed by atoms with E-state index in [4.69, 9.17) is 9.47 Å². The number of amides is 1. The lowest BCUT2D eigenvalue weighted by Crippen LogP contribution is -2.38. The van der Waals surface area contributed by atoms with Crippen molar-refractivity contribution in [2.24, 2.45) is 5.92 Å². The highest BCUT2D eigenvalue weighted by Crippen LogP contribution is 2.32. The Bertz CT molecular complexity index is 1200. The standard InChI is InChI=1S/C27H31N5O4/c1-18-16-29-32(25(18)30-27(34)35-19(2)20-6-4-3-5-7-20)22-10-11-24(28-17-22)31-14-12-23(13-15-31)36-26(33)21-8-9-21/h3-7,10-11,16-17,19,21,23H,8-9,12-15H2,1-2H3,(H,30,34). The van der Waals surface area contributed by atoms with Gasteiger partial charge >= 0.3 is 12.1 Å². The van der Waals surface area contributed by atoms with E-state index in [-0.39, 0.29) is 24.1 Å². The molecule has 9 nitrogen and oxygen atoms in total. The van der Waals surface area contributed by atoms with Crippen molar-refractivity contribution < 1.29 is 19.1 Å². The van der Waals surface area contributed by atoms with Gasteiger partial charge in [-0.15, -0.1) is 0 Å². The zero-order valence-electron chi connectivity index (χ0n) is 20.6. The molecule has 36 heavy (non-hydrogen) atoms. The van der Waals surface area contributed by atoms with Gasteiger partial charge in [0.1, 0.15) is 23.8 Å². The van der Waals surface area contributed by atoms with Crippen LogP contribution >= 0.6 is 0 Å². The van der Waals surface area contributed by atoms with Crippen molar-refractivity contribution in [3.05, 3.63) is 66.0 Å². The third-order valence-corrected chi connectivity index (χ3v) is 6.66. The van der Waals surface area contributed by atoms with E-state index < -0.39 is 6.09 Å². The Morgan fingerprint density at radius 2 is 1.78 bits per heavy atom. The number of carbonyl (C=O) groups is 2. The molecule has 1 atom stereocenters. The van der Waals surface area contributed by atoms with Gasteiger partial charge in [-0.05, 0) is 44.4 Å². The number of aryl methyl sites for hydroxylation is 1. The summed E-state index contributed by atoms with van der Waals surface area (Å²) in [5, 5.41) is 7.25. The summed E-state index contributed by atoms with van der Waals surface area (Å²) in [4.78, 5) is 31.3. The second-order valence-electron chi connectivity index (χ2n) is 9.44. The number of ether oxygens (including phenoxy) is 2. The van der Waals surface area contributed by atoms with Crippen LogP contribution in [0.4, 0.5) is 16.4 Å². The molecule has 0 radical (unpaired) electrons. The van der Waals surface area contributed by atoms with Crippen LogP contribution in [0.5, 0.6) is 0 Å². The summed E-state index contributed by atoms with van der Waals surface area (Å²) < 4.78 is 12.8. The van der Waals surface area contributed by atoms with Gasteiger partial charge < -0.3 is 14.4 Å². The minimum atomic E-state index is -0.550. The zero-order valence-corrected chi connectivity index (χ0v) is 20.6. The minimum absolute atomic E-state index is 0.00123. The van der Waals surface area contributed by atoms with Crippen molar-refractivity contribution in [2.45, 2.75) is 51.7 Å². The van der Waals surface area contributed by atoms with Gasteiger partial charge in [0.25, 0.3) is 0 Å². The molecule has 0 bridgehead atoms. The van der Waals surface area contributed by atoms with Crippen LogP contribution in [0.1, 0.15) is 49.8 Å². The van der Waals surface area contributed by atoms with Crippen molar-refractivity contribution >= 4 is 23.7 Å². The monoisotopic (exact) mass is 489 g/mol. The Morgan fingerprint density at radius 1 is 1.03 bits per heavy atom. The number of nitrogens with zero attached hydrogens (tertiary/aromatic N) is 4. The molecule has 1 amide bonds. The van der Waals surface area contributed by atoms with E-state index in [0.717, 1.165) is 61.4 Å². The fourth-order valence-electron chi connectivity index (χ4n) is 4.33. The molecule has 1 N–H and O–H groups in total. The average Bonchev–Trinajstić information content (AvgIpc) is 3.69. The van der Waals surface area contributed by atoms with Gasteiger partial charge in [0.05, 0.1) is 24.0 Å². The molecule has 2 aromatic heterocycles. The predicted molar refractivity (Wildman–Crippen MR) is 135 cm³/mol. The number of hydrogen-bond donors (Lipinski definition) is 1. The first-order valence-corrected chi connectivity index (χ1v) is 12.5. The fourth-order valence-corrected chi connectivity index (χ4v) is 4.33. The predicted octanol–water partition coefficient (Wildman–Crippen LogP) is 4.81. The molecule has 9 heteroatoms. The maximum atomic E-state index is 12.6. The van der Waals surface area contributed by atoms with E-state index in [1.54, 1.807) is 17.1 Å². The van der Waals surface area contributed by atoms with E-state index in [1.165, 1.54) is 0 Å². The Balaban J connectivity index is 1.19. The van der Waals surface area contributed by atoms with Crippen molar-refractivity contribution in [2.75, 3.05) is 23.3 Å². The summed E-state index contributed by atoms with van der Waals surface area (Å²) in [7, 11) is 0. The van der Waals surface area contributed by atoms with Crippen molar-refractivity contribution in [3.63, 3.8) is 0 Å². The summed E-state index contributed by atoms with van der Waals surface area (Å²) in [6.45, 7) is 5.28. The molecule has 1 saturated carbocycles. The fraction of sp³-hybridized carbons (Fsp3) is 0.407. The molecule has 1 aliphatic heterocycles. The summed E-state index contributed by atoms with van der Waals surface area (Å²) in [6, 6.07) is 13.5. The van der Waals surface area contributed by atoms with Gasteiger partial charge in [0, 0.05) is 31.5 Å². The Labute approximate surface area is 210 Å². The molecule has 3 aromatic rings. The van der Waals surface area contributed by atoms with Gasteiger partial charge in [-0.25, -0.2) is 14.5 Å². The van der Waals surface area contributed by atoms with E-state index >= 15 is 0 Å². The number of rotatable bonds is 7. The summed E-state index contributed by atoms with van der Waals surface area (Å²) >= 11 is 0. The Hall–Kier alpha value is -3.88. The van der Waals surface area contributed by atoms with Crippen LogP contribution in [0.15, 0.2) is 54.9 Å². The normalized spacial score (nSPS) is 16.9. The highest BCUT2D eigenvalue weighted by atomic mass is 16.6. The maximum absolute atomic E-state index is 12.6. The highest BCUT2D eigenvalue weighted by molar-refractivity contribution is 5.85. The lowest BCUT2D eigenvalue weighted by Gasteiger charge is -2.32. The molecule has 1 saturated heterocycles. The lowest BCUT2D eigenvalue weighted by molar-refractivity contribution is -0.151. The Kier molecular flexibility index (Phi) is 6.88. The molecule has 188 valence electrons. The SMILES string of the molecule is Cc1cnn(-c2ccc(N3CCC(OC(=O)C4CC4)CC3)nc2)c1NC(=O)OC(C)c1ccccc1. The van der Waals surface area contributed by atoms with Crippen molar-refractivity contribution in [1.29, 1.82) is 0 Å². The van der Waals surface area contributed by atoms with Crippen molar-refractivity contribution in [1.82, 2.24) is 14.8 Å². The van der Waals surface area contributed by atoms with E-state index in [0.29, 0.717) is 5.82 Å². The largest absolute Gasteiger partial charge is 0.462 e. The first kappa shape index (κ1) is 23.8. The van der Waals surface area contributed by atoms with E-state index in [1.807, 2.05) is 56.3 Å². The van der Waals surface area contributed by atoms with Crippen LogP contribution in [-0.2, 0) is 14.3 Å². The summed E-state index contributed by atoms with van der Waals surface area (Å²) in [6.07, 6.45) is 6.04. The highest BCUT2D eigenvalue weighted by Gasteiger charge is 2.33. The van der Waals surface area contributed by atoms with Gasteiger partial charge in [-0.2, -0.15) is 5.10 Å². The molecule has 1 aromatic carbocycles. The van der Waals surface area contributed by atoms with Gasteiger partial charge in [-0.1, -0.05) is 30.3 Å². The van der Waals surface area contributed by atoms with Crippen LogP contribution in [0, 0.1) is 12.8 Å². The topological polar surface area (TPSA) is 98.6 Å². The number of pyridine rings is 1. The number of benzene rings is 1. The molecule has 3 heterocycles. The second kappa shape index (κ2) is 10.4. The average molecular weight is 490 g/mol. The Morgan fingerprint density at radius 3 is 2.44 bits per heavy atom. The molecule has 0 spiro atoms. The number of hydrogen-bond acceptors (Lipinski definition) is 7. The molecular weight excluding hydrogens is 458 g/mol. The van der Waals surface area contributed by atoms with Gasteiger partial charge in [0.15, 0.2) is 0 Å². The quantitative estimate of drug-likeness (QED) is 0.476. The number of anilines is 2. The number of esters is 1. The van der Waals surface area contributed by atoms with Crippen LogP contribution in [0.25, 0.3) is 5.69 Å². The molecule has 5 rings (SSSR count). The van der Waals surface area contributed by atoms with Crippen LogP contribution in [-0.4, -0.2) is 46.0 Å². The molecule has 1 aliphatic carbocycles. The number of piperidine rings is 1. The van der Waals surface area contributed by atoms with Crippen LogP contribution in [0.3, 0.4) is 0 Å². The zero-order chi connectivity index (χ0) is 25.1. The summed E-state index contributed by atoms with van der Waals surface area (Å²) in [5.41, 5.74) is 2.46. The third kappa shape index (κ3) is 5.50. The van der Waals surface area contributed by atoms with Crippen molar-refractivity contribution in [3.8, 4) is 5.69 Å². The van der Waals surface area contributed by atoms with Crippen LogP contribution in [0.2, 0.25) is 0 Å². The van der Waals surface area contributed by atoms with Gasteiger partial charge in [-0.3, -0.25) is 10.1 Å². The van der Waals surface area contributed by atoms with E-state index in [9.17, 15) is 9.59 Å².